The van der Waals surface area contributed by atoms with Crippen LogP contribution in [0.3, 0.4) is 0 Å². The lowest BCUT2D eigenvalue weighted by atomic mass is 9.90. The zero-order valence-corrected chi connectivity index (χ0v) is 14.0. The molecule has 4 rings (SSSR count). The van der Waals surface area contributed by atoms with Crippen LogP contribution in [-0.2, 0) is 6.42 Å². The molecule has 0 saturated heterocycles. The Hall–Kier alpha value is -2.05. The van der Waals surface area contributed by atoms with Crippen LogP contribution in [0.25, 0.3) is 11.1 Å². The van der Waals surface area contributed by atoms with E-state index < -0.39 is 0 Å². The molecule has 0 nitrogen and oxygen atoms in total. The fourth-order valence-electron chi connectivity index (χ4n) is 3.70. The van der Waals surface area contributed by atoms with Crippen molar-refractivity contribution in [3.63, 3.8) is 0 Å². The maximum absolute atomic E-state index is 5.99. The van der Waals surface area contributed by atoms with Gasteiger partial charge in [-0.15, -0.1) is 0 Å². The fraction of sp³-hybridized carbons (Fsp3) is 0.182. The van der Waals surface area contributed by atoms with Gasteiger partial charge in [0, 0.05) is 10.9 Å². The zero-order valence-electron chi connectivity index (χ0n) is 13.2. The summed E-state index contributed by atoms with van der Waals surface area (Å²) < 4.78 is 0. The molecule has 0 heterocycles. The second kappa shape index (κ2) is 5.86. The Morgan fingerprint density at radius 3 is 2.39 bits per heavy atom. The van der Waals surface area contributed by atoms with Crippen molar-refractivity contribution < 1.29 is 0 Å². The monoisotopic (exact) mass is 318 g/mol. The summed E-state index contributed by atoms with van der Waals surface area (Å²) in [4.78, 5) is 0. The summed E-state index contributed by atoms with van der Waals surface area (Å²) in [6, 6.07) is 24.0. The van der Waals surface area contributed by atoms with E-state index in [0.29, 0.717) is 5.92 Å². The first-order valence-electron chi connectivity index (χ1n) is 8.16. The topological polar surface area (TPSA) is 0 Å². The predicted molar refractivity (Wildman–Crippen MR) is 98.2 cm³/mol. The summed E-state index contributed by atoms with van der Waals surface area (Å²) in [5.41, 5.74) is 8.47. The average molecular weight is 319 g/mol. The Balaban J connectivity index is 1.68. The summed E-state index contributed by atoms with van der Waals surface area (Å²) in [6.07, 6.45) is 2.21. The number of hydrogen-bond acceptors (Lipinski definition) is 0. The highest BCUT2D eigenvalue weighted by molar-refractivity contribution is 6.30. The van der Waals surface area contributed by atoms with Crippen LogP contribution in [0.4, 0.5) is 0 Å². The normalized spacial score (nSPS) is 15.3. The quantitative estimate of drug-likeness (QED) is 0.524. The average Bonchev–Trinajstić information content (AvgIpc) is 2.87. The van der Waals surface area contributed by atoms with Crippen LogP contribution in [-0.4, -0.2) is 0 Å². The van der Waals surface area contributed by atoms with Gasteiger partial charge >= 0.3 is 0 Å². The van der Waals surface area contributed by atoms with E-state index in [1.165, 1.54) is 33.4 Å². The summed E-state index contributed by atoms with van der Waals surface area (Å²) in [6.45, 7) is 2.18. The Bertz CT molecular complexity index is 846. The fourth-order valence-corrected chi connectivity index (χ4v) is 3.83. The van der Waals surface area contributed by atoms with Crippen molar-refractivity contribution in [2.45, 2.75) is 25.7 Å². The van der Waals surface area contributed by atoms with Crippen molar-refractivity contribution >= 4 is 11.6 Å². The van der Waals surface area contributed by atoms with E-state index in [1.54, 1.807) is 0 Å². The van der Waals surface area contributed by atoms with Crippen molar-refractivity contribution in [1.29, 1.82) is 0 Å². The van der Waals surface area contributed by atoms with Crippen LogP contribution in [0.2, 0.25) is 5.02 Å². The van der Waals surface area contributed by atoms with Crippen LogP contribution in [0.1, 0.15) is 34.6 Å². The Morgan fingerprint density at radius 1 is 0.826 bits per heavy atom. The van der Waals surface area contributed by atoms with Gasteiger partial charge in [-0.25, -0.2) is 0 Å². The van der Waals surface area contributed by atoms with Crippen molar-refractivity contribution in [3.05, 3.63) is 94.0 Å². The molecule has 0 saturated carbocycles. The Kier molecular flexibility index (Phi) is 3.71. The number of benzene rings is 3. The molecule has 1 aliphatic rings. The molecule has 0 aromatic heterocycles. The van der Waals surface area contributed by atoms with Crippen LogP contribution in [0.15, 0.2) is 66.7 Å². The third kappa shape index (κ3) is 2.68. The van der Waals surface area contributed by atoms with E-state index in [0.717, 1.165) is 17.9 Å². The molecule has 0 radical (unpaired) electrons. The van der Waals surface area contributed by atoms with Gasteiger partial charge in [0.1, 0.15) is 0 Å². The molecule has 0 amide bonds. The number of hydrogen-bond donors (Lipinski definition) is 0. The van der Waals surface area contributed by atoms with Crippen LogP contribution < -0.4 is 0 Å². The minimum absolute atomic E-state index is 0.497. The minimum Gasteiger partial charge on any atom is -0.0843 e. The summed E-state index contributed by atoms with van der Waals surface area (Å²) in [7, 11) is 0. The Labute approximate surface area is 142 Å². The number of fused-ring (bicyclic) bond motifs is 3. The van der Waals surface area contributed by atoms with Crippen molar-refractivity contribution in [3.8, 4) is 11.1 Å². The third-order valence-electron chi connectivity index (χ3n) is 4.84. The second-order valence-electron chi connectivity index (χ2n) is 6.40. The summed E-state index contributed by atoms with van der Waals surface area (Å²) in [5.74, 6) is 0.497. The second-order valence-corrected chi connectivity index (χ2v) is 6.83. The molecule has 1 atom stereocenters. The standard InChI is InChI=1S/C22H19Cl/c1-15-6-12-20-18-4-2-3-5-19(18)21(22(20)14-15)13-9-16-7-10-17(23)11-8-16/h2-8,10-12,14,21H,9,13H2,1H3. The van der Waals surface area contributed by atoms with Crippen molar-refractivity contribution in [2.75, 3.05) is 0 Å². The van der Waals surface area contributed by atoms with Gasteiger partial charge in [-0.05, 0) is 59.7 Å². The zero-order chi connectivity index (χ0) is 15.8. The number of aryl methyl sites for hydroxylation is 2. The molecule has 1 unspecified atom stereocenters. The van der Waals surface area contributed by atoms with Gasteiger partial charge in [0.2, 0.25) is 0 Å². The maximum atomic E-state index is 5.99. The Morgan fingerprint density at radius 2 is 1.57 bits per heavy atom. The van der Waals surface area contributed by atoms with E-state index in [9.17, 15) is 0 Å². The van der Waals surface area contributed by atoms with Gasteiger partial charge in [-0.3, -0.25) is 0 Å². The minimum atomic E-state index is 0.497. The van der Waals surface area contributed by atoms with E-state index in [-0.39, 0.29) is 0 Å². The molecule has 23 heavy (non-hydrogen) atoms. The van der Waals surface area contributed by atoms with Gasteiger partial charge in [-0.1, -0.05) is 71.8 Å². The van der Waals surface area contributed by atoms with Gasteiger partial charge in [0.05, 0.1) is 0 Å². The smallest absolute Gasteiger partial charge is 0.0406 e. The van der Waals surface area contributed by atoms with Crippen molar-refractivity contribution in [2.24, 2.45) is 0 Å². The van der Waals surface area contributed by atoms with Gasteiger partial charge < -0.3 is 0 Å². The van der Waals surface area contributed by atoms with E-state index in [2.05, 4.69) is 61.5 Å². The first kappa shape index (κ1) is 14.5. The molecular formula is C22H19Cl. The predicted octanol–water partition coefficient (Wildman–Crippen LogP) is 6.39. The SMILES string of the molecule is Cc1ccc2c(c1)C(CCc1ccc(Cl)cc1)c1ccccc1-2. The largest absolute Gasteiger partial charge is 0.0843 e. The summed E-state index contributed by atoms with van der Waals surface area (Å²) >= 11 is 5.99. The van der Waals surface area contributed by atoms with Crippen LogP contribution in [0, 0.1) is 6.92 Å². The molecule has 0 aliphatic heterocycles. The van der Waals surface area contributed by atoms with E-state index in [1.807, 2.05) is 12.1 Å². The lowest BCUT2D eigenvalue weighted by molar-refractivity contribution is 0.729. The first-order chi connectivity index (χ1) is 11.2. The third-order valence-corrected chi connectivity index (χ3v) is 5.10. The van der Waals surface area contributed by atoms with Gasteiger partial charge in [0.15, 0.2) is 0 Å². The molecule has 1 heteroatoms. The molecular weight excluding hydrogens is 300 g/mol. The molecule has 1 aliphatic carbocycles. The molecule has 3 aromatic rings. The molecule has 0 fully saturated rings. The maximum Gasteiger partial charge on any atom is 0.0406 e. The van der Waals surface area contributed by atoms with Crippen LogP contribution >= 0.6 is 11.6 Å². The van der Waals surface area contributed by atoms with Crippen LogP contribution in [0.5, 0.6) is 0 Å². The van der Waals surface area contributed by atoms with Gasteiger partial charge in [-0.2, -0.15) is 0 Å². The van der Waals surface area contributed by atoms with Crippen molar-refractivity contribution in [1.82, 2.24) is 0 Å². The molecule has 0 N–H and O–H groups in total. The van der Waals surface area contributed by atoms with E-state index in [4.69, 9.17) is 11.6 Å². The van der Waals surface area contributed by atoms with E-state index >= 15 is 0 Å². The first-order valence-corrected chi connectivity index (χ1v) is 8.54. The highest BCUT2D eigenvalue weighted by atomic mass is 35.5. The lowest BCUT2D eigenvalue weighted by Crippen LogP contribution is -1.99. The molecule has 114 valence electrons. The molecule has 0 spiro atoms. The number of halogens is 1. The highest BCUT2D eigenvalue weighted by Crippen LogP contribution is 2.46. The summed E-state index contributed by atoms with van der Waals surface area (Å²) in [5, 5.41) is 0.806. The highest BCUT2D eigenvalue weighted by Gasteiger charge is 2.27. The lowest BCUT2D eigenvalue weighted by Gasteiger charge is -2.14. The van der Waals surface area contributed by atoms with Gasteiger partial charge in [0.25, 0.3) is 0 Å². The molecule has 3 aromatic carbocycles. The number of rotatable bonds is 3. The molecule has 0 bridgehead atoms.